The molecule has 17 heavy (non-hydrogen) atoms. The molecule has 1 fully saturated rings. The van der Waals surface area contributed by atoms with E-state index >= 15 is 0 Å². The second-order valence-electron chi connectivity index (χ2n) is 4.52. The highest BCUT2D eigenvalue weighted by Crippen LogP contribution is 2.14. The molecular weight excluding hydrogens is 214 g/mol. The molecule has 0 amide bonds. The molecule has 0 bridgehead atoms. The van der Waals surface area contributed by atoms with Crippen molar-refractivity contribution >= 4 is 5.52 Å². The Morgan fingerprint density at radius 1 is 1.47 bits per heavy atom. The van der Waals surface area contributed by atoms with Crippen LogP contribution in [-0.2, 0) is 11.2 Å². The van der Waals surface area contributed by atoms with Crippen LogP contribution in [-0.4, -0.2) is 35.7 Å². The fourth-order valence-electron chi connectivity index (χ4n) is 2.35. The SMILES string of the molecule is c1cc2c(C[C@@H]3CNCCOC3)nccn2c1. The molecule has 0 aromatic carbocycles. The van der Waals surface area contributed by atoms with Gasteiger partial charge in [0.1, 0.15) is 0 Å². The summed E-state index contributed by atoms with van der Waals surface area (Å²) in [6.07, 6.45) is 6.89. The van der Waals surface area contributed by atoms with E-state index in [1.807, 2.05) is 12.4 Å². The summed E-state index contributed by atoms with van der Waals surface area (Å²) in [4.78, 5) is 4.50. The van der Waals surface area contributed by atoms with Gasteiger partial charge in [0.05, 0.1) is 24.4 Å². The van der Waals surface area contributed by atoms with Crippen LogP contribution in [0.15, 0.2) is 30.7 Å². The lowest BCUT2D eigenvalue weighted by molar-refractivity contribution is 0.123. The molecule has 1 aliphatic heterocycles. The molecule has 1 atom stereocenters. The van der Waals surface area contributed by atoms with Gasteiger partial charge in [0.2, 0.25) is 0 Å². The topological polar surface area (TPSA) is 38.6 Å². The summed E-state index contributed by atoms with van der Waals surface area (Å²) in [5.41, 5.74) is 2.37. The van der Waals surface area contributed by atoms with Crippen molar-refractivity contribution in [2.45, 2.75) is 6.42 Å². The predicted octanol–water partition coefficient (Wildman–Crippen LogP) is 1.11. The van der Waals surface area contributed by atoms with Gasteiger partial charge >= 0.3 is 0 Å². The fraction of sp³-hybridized carbons (Fsp3) is 0.462. The molecule has 2 aromatic rings. The van der Waals surface area contributed by atoms with Crippen molar-refractivity contribution in [3.8, 4) is 0 Å². The van der Waals surface area contributed by atoms with Crippen LogP contribution < -0.4 is 5.32 Å². The molecule has 4 heteroatoms. The standard InChI is InChI=1S/C13H17N3O/c1-2-13-12(15-3-6-16(13)5-1)8-11-9-14-4-7-17-10-11/h1-3,5-6,11,14H,4,7-10H2/t11-/m1/s1. The van der Waals surface area contributed by atoms with Gasteiger partial charge in [-0.15, -0.1) is 0 Å². The molecule has 4 nitrogen and oxygen atoms in total. The van der Waals surface area contributed by atoms with Gasteiger partial charge in [0.15, 0.2) is 0 Å². The highest BCUT2D eigenvalue weighted by Gasteiger charge is 2.15. The molecule has 0 saturated carbocycles. The maximum absolute atomic E-state index is 5.58. The largest absolute Gasteiger partial charge is 0.380 e. The number of rotatable bonds is 2. The zero-order chi connectivity index (χ0) is 11.5. The second kappa shape index (κ2) is 4.85. The molecule has 0 spiro atoms. The molecule has 3 heterocycles. The third-order valence-corrected chi connectivity index (χ3v) is 3.22. The third-order valence-electron chi connectivity index (χ3n) is 3.22. The van der Waals surface area contributed by atoms with Crippen LogP contribution in [0.25, 0.3) is 5.52 Å². The second-order valence-corrected chi connectivity index (χ2v) is 4.52. The maximum Gasteiger partial charge on any atom is 0.0666 e. The third kappa shape index (κ3) is 2.33. The van der Waals surface area contributed by atoms with Gasteiger partial charge < -0.3 is 14.5 Å². The van der Waals surface area contributed by atoms with Crippen molar-refractivity contribution in [2.24, 2.45) is 5.92 Å². The molecule has 3 rings (SSSR count). The van der Waals surface area contributed by atoms with E-state index in [0.29, 0.717) is 5.92 Å². The van der Waals surface area contributed by atoms with Gasteiger partial charge in [0.25, 0.3) is 0 Å². The number of fused-ring (bicyclic) bond motifs is 1. The van der Waals surface area contributed by atoms with Crippen LogP contribution >= 0.6 is 0 Å². The van der Waals surface area contributed by atoms with Crippen molar-refractivity contribution in [1.82, 2.24) is 14.7 Å². The quantitative estimate of drug-likeness (QED) is 0.841. The Morgan fingerprint density at radius 3 is 3.47 bits per heavy atom. The van der Waals surface area contributed by atoms with Crippen LogP contribution in [0.1, 0.15) is 5.69 Å². The predicted molar refractivity (Wildman–Crippen MR) is 66.1 cm³/mol. The number of ether oxygens (including phenoxy) is 1. The Labute approximate surface area is 101 Å². The average Bonchev–Trinajstić information content (AvgIpc) is 2.69. The van der Waals surface area contributed by atoms with Crippen LogP contribution in [0.3, 0.4) is 0 Å². The zero-order valence-electron chi connectivity index (χ0n) is 9.80. The molecule has 2 aromatic heterocycles. The summed E-state index contributed by atoms with van der Waals surface area (Å²) in [5, 5.41) is 3.40. The number of nitrogens with one attached hydrogen (secondary N) is 1. The molecule has 0 aliphatic carbocycles. The van der Waals surface area contributed by atoms with E-state index in [0.717, 1.165) is 38.4 Å². The maximum atomic E-state index is 5.58. The first-order valence-corrected chi connectivity index (χ1v) is 6.12. The van der Waals surface area contributed by atoms with Gasteiger partial charge in [-0.25, -0.2) is 0 Å². The minimum atomic E-state index is 0.520. The summed E-state index contributed by atoms with van der Waals surface area (Å²) in [6.45, 7) is 3.62. The number of aromatic nitrogens is 2. The fourth-order valence-corrected chi connectivity index (χ4v) is 2.35. The first kappa shape index (κ1) is 10.7. The van der Waals surface area contributed by atoms with Crippen LogP contribution in [0.4, 0.5) is 0 Å². The lowest BCUT2D eigenvalue weighted by Crippen LogP contribution is -2.24. The van der Waals surface area contributed by atoms with Gasteiger partial charge in [-0.1, -0.05) is 0 Å². The van der Waals surface area contributed by atoms with Crippen LogP contribution in [0.2, 0.25) is 0 Å². The zero-order valence-corrected chi connectivity index (χ0v) is 9.80. The van der Waals surface area contributed by atoms with Gasteiger partial charge in [-0.2, -0.15) is 0 Å². The average molecular weight is 231 g/mol. The van der Waals surface area contributed by atoms with Crippen molar-refractivity contribution in [1.29, 1.82) is 0 Å². The Bertz CT molecular complexity index is 486. The molecule has 1 aliphatic rings. The monoisotopic (exact) mass is 231 g/mol. The molecule has 1 N–H and O–H groups in total. The van der Waals surface area contributed by atoms with E-state index in [4.69, 9.17) is 4.74 Å². The Morgan fingerprint density at radius 2 is 2.47 bits per heavy atom. The Kier molecular flexibility index (Phi) is 3.07. The van der Waals surface area contributed by atoms with Crippen molar-refractivity contribution < 1.29 is 4.74 Å². The summed E-state index contributed by atoms with van der Waals surface area (Å²) < 4.78 is 7.69. The summed E-state index contributed by atoms with van der Waals surface area (Å²) in [6, 6.07) is 4.18. The molecule has 1 saturated heterocycles. The Hall–Kier alpha value is -1.39. The van der Waals surface area contributed by atoms with E-state index in [9.17, 15) is 0 Å². The molecule has 0 unspecified atom stereocenters. The lowest BCUT2D eigenvalue weighted by Gasteiger charge is -2.13. The van der Waals surface area contributed by atoms with E-state index in [-0.39, 0.29) is 0 Å². The first-order chi connectivity index (χ1) is 8.43. The number of nitrogens with zero attached hydrogens (tertiary/aromatic N) is 2. The number of hydrogen-bond donors (Lipinski definition) is 1. The van der Waals surface area contributed by atoms with Crippen LogP contribution in [0, 0.1) is 5.92 Å². The van der Waals surface area contributed by atoms with E-state index < -0.39 is 0 Å². The highest BCUT2D eigenvalue weighted by molar-refractivity contribution is 5.52. The van der Waals surface area contributed by atoms with E-state index in [1.165, 1.54) is 5.52 Å². The minimum absolute atomic E-state index is 0.520. The minimum Gasteiger partial charge on any atom is -0.380 e. The van der Waals surface area contributed by atoms with E-state index in [2.05, 4.69) is 33.0 Å². The molecular formula is C13H17N3O. The number of hydrogen-bond acceptors (Lipinski definition) is 3. The van der Waals surface area contributed by atoms with Gasteiger partial charge in [0, 0.05) is 37.6 Å². The van der Waals surface area contributed by atoms with E-state index in [1.54, 1.807) is 0 Å². The first-order valence-electron chi connectivity index (χ1n) is 6.12. The van der Waals surface area contributed by atoms with Gasteiger partial charge in [-0.3, -0.25) is 4.98 Å². The highest BCUT2D eigenvalue weighted by atomic mass is 16.5. The van der Waals surface area contributed by atoms with Crippen molar-refractivity contribution in [3.05, 3.63) is 36.4 Å². The molecule has 90 valence electrons. The summed E-state index contributed by atoms with van der Waals surface area (Å²) in [7, 11) is 0. The Balaban J connectivity index is 1.81. The lowest BCUT2D eigenvalue weighted by atomic mass is 10.0. The normalized spacial score (nSPS) is 21.5. The van der Waals surface area contributed by atoms with Crippen molar-refractivity contribution in [2.75, 3.05) is 26.3 Å². The molecule has 0 radical (unpaired) electrons. The summed E-state index contributed by atoms with van der Waals surface area (Å²) in [5.74, 6) is 0.520. The smallest absolute Gasteiger partial charge is 0.0666 e. The van der Waals surface area contributed by atoms with Gasteiger partial charge in [-0.05, 0) is 18.6 Å². The van der Waals surface area contributed by atoms with Crippen molar-refractivity contribution in [3.63, 3.8) is 0 Å². The van der Waals surface area contributed by atoms with Crippen LogP contribution in [0.5, 0.6) is 0 Å². The summed E-state index contributed by atoms with van der Waals surface area (Å²) >= 11 is 0.